The highest BCUT2D eigenvalue weighted by atomic mass is 35.5. The molecule has 0 aliphatic rings. The molecule has 0 heterocycles. The van der Waals surface area contributed by atoms with E-state index in [1.807, 2.05) is 0 Å². The third-order valence-electron chi connectivity index (χ3n) is 3.07. The zero-order valence-electron chi connectivity index (χ0n) is 10.6. The molecule has 92 valence electrons. The summed E-state index contributed by atoms with van der Waals surface area (Å²) < 4.78 is 0. The van der Waals surface area contributed by atoms with Crippen LogP contribution in [-0.4, -0.2) is 0 Å². The fraction of sp³-hybridized carbons (Fsp3) is 0.333. The van der Waals surface area contributed by atoms with Gasteiger partial charge in [0.1, 0.15) is 0 Å². The second kappa shape index (κ2) is 5.07. The third kappa shape index (κ3) is 2.99. The molecule has 0 bridgehead atoms. The van der Waals surface area contributed by atoms with E-state index in [4.69, 9.17) is 5.73 Å². The molecule has 0 amide bonds. The van der Waals surface area contributed by atoms with E-state index in [1.165, 1.54) is 16.3 Å². The van der Waals surface area contributed by atoms with Gasteiger partial charge >= 0.3 is 0 Å². The maximum absolute atomic E-state index is 6.26. The highest BCUT2D eigenvalue weighted by molar-refractivity contribution is 5.85. The summed E-state index contributed by atoms with van der Waals surface area (Å²) in [4.78, 5) is 0. The normalized spacial score (nSPS) is 13.2. The maximum atomic E-state index is 6.26. The number of nitrogens with two attached hydrogens (primary N) is 1. The van der Waals surface area contributed by atoms with Gasteiger partial charge in [0.15, 0.2) is 0 Å². The lowest BCUT2D eigenvalue weighted by molar-refractivity contribution is 0.327. The second-order valence-corrected chi connectivity index (χ2v) is 5.45. The van der Waals surface area contributed by atoms with Gasteiger partial charge in [0, 0.05) is 6.04 Å². The fourth-order valence-electron chi connectivity index (χ4n) is 1.90. The Morgan fingerprint density at radius 2 is 1.53 bits per heavy atom. The van der Waals surface area contributed by atoms with E-state index in [1.54, 1.807) is 0 Å². The van der Waals surface area contributed by atoms with Crippen molar-refractivity contribution in [3.05, 3.63) is 48.0 Å². The van der Waals surface area contributed by atoms with E-state index >= 15 is 0 Å². The van der Waals surface area contributed by atoms with Crippen LogP contribution in [0, 0.1) is 5.41 Å². The van der Waals surface area contributed by atoms with Crippen LogP contribution in [0.5, 0.6) is 0 Å². The predicted molar refractivity (Wildman–Crippen MR) is 77.6 cm³/mol. The van der Waals surface area contributed by atoms with Gasteiger partial charge in [-0.15, -0.1) is 12.4 Å². The average Bonchev–Trinajstić information content (AvgIpc) is 2.26. The minimum absolute atomic E-state index is 0. The molecule has 0 saturated carbocycles. The topological polar surface area (TPSA) is 26.0 Å². The van der Waals surface area contributed by atoms with Gasteiger partial charge in [0.25, 0.3) is 0 Å². The lowest BCUT2D eigenvalue weighted by Crippen LogP contribution is -2.26. The Morgan fingerprint density at radius 1 is 0.941 bits per heavy atom. The first-order chi connectivity index (χ1) is 7.48. The summed E-state index contributed by atoms with van der Waals surface area (Å²) in [6, 6.07) is 15.0. The molecule has 0 aliphatic carbocycles. The minimum atomic E-state index is 0. The first kappa shape index (κ1) is 14.0. The van der Waals surface area contributed by atoms with Gasteiger partial charge in [0.2, 0.25) is 0 Å². The van der Waals surface area contributed by atoms with E-state index < -0.39 is 0 Å². The molecular weight excluding hydrogens is 230 g/mol. The van der Waals surface area contributed by atoms with Crippen molar-refractivity contribution < 1.29 is 0 Å². The molecule has 2 rings (SSSR count). The number of hydrogen-bond donors (Lipinski definition) is 1. The summed E-state index contributed by atoms with van der Waals surface area (Å²) in [5.74, 6) is 0. The Morgan fingerprint density at radius 3 is 2.12 bits per heavy atom. The molecule has 0 saturated heterocycles. The van der Waals surface area contributed by atoms with E-state index in [9.17, 15) is 0 Å². The van der Waals surface area contributed by atoms with Crippen molar-refractivity contribution >= 4 is 23.2 Å². The number of hydrogen-bond acceptors (Lipinski definition) is 1. The third-order valence-corrected chi connectivity index (χ3v) is 3.07. The number of rotatable bonds is 1. The highest BCUT2D eigenvalue weighted by Gasteiger charge is 2.22. The highest BCUT2D eigenvalue weighted by Crippen LogP contribution is 2.31. The molecule has 1 nitrogen and oxygen atoms in total. The standard InChI is InChI=1S/C15H19N.ClH/c1-15(2,3)14(16)13-9-8-11-6-4-5-7-12(11)10-13;/h4-10,14H,16H2,1-3H3;1H/t14-;/m1./s1. The molecule has 2 N–H and O–H groups in total. The van der Waals surface area contributed by atoms with Gasteiger partial charge in [-0.2, -0.15) is 0 Å². The van der Waals surface area contributed by atoms with E-state index in [0.717, 1.165) is 0 Å². The molecule has 0 spiro atoms. The van der Waals surface area contributed by atoms with E-state index in [2.05, 4.69) is 63.2 Å². The molecule has 1 atom stereocenters. The van der Waals surface area contributed by atoms with Gasteiger partial charge in [0.05, 0.1) is 0 Å². The minimum Gasteiger partial charge on any atom is -0.324 e. The Hall–Kier alpha value is -1.05. The quantitative estimate of drug-likeness (QED) is 0.801. The molecule has 2 aromatic carbocycles. The largest absolute Gasteiger partial charge is 0.324 e. The smallest absolute Gasteiger partial charge is 0.0344 e. The zero-order chi connectivity index (χ0) is 11.8. The molecule has 17 heavy (non-hydrogen) atoms. The van der Waals surface area contributed by atoms with Crippen LogP contribution in [0.25, 0.3) is 10.8 Å². The average molecular weight is 250 g/mol. The summed E-state index contributed by atoms with van der Waals surface area (Å²) in [6.45, 7) is 6.52. The van der Waals surface area contributed by atoms with E-state index in [0.29, 0.717) is 0 Å². The molecule has 0 unspecified atom stereocenters. The van der Waals surface area contributed by atoms with Gasteiger partial charge in [-0.1, -0.05) is 57.2 Å². The van der Waals surface area contributed by atoms with Crippen LogP contribution in [0.15, 0.2) is 42.5 Å². The molecule has 0 fully saturated rings. The first-order valence-electron chi connectivity index (χ1n) is 5.73. The molecule has 2 heteroatoms. The Kier molecular flexibility index (Phi) is 4.18. The molecule has 0 aromatic heterocycles. The predicted octanol–water partition coefficient (Wildman–Crippen LogP) is 4.31. The lowest BCUT2D eigenvalue weighted by Gasteiger charge is -2.27. The summed E-state index contributed by atoms with van der Waals surface area (Å²) >= 11 is 0. The van der Waals surface area contributed by atoms with Crippen molar-refractivity contribution in [3.63, 3.8) is 0 Å². The summed E-state index contributed by atoms with van der Waals surface area (Å²) in [6.07, 6.45) is 0. The van der Waals surface area contributed by atoms with Crippen molar-refractivity contribution in [1.29, 1.82) is 0 Å². The van der Waals surface area contributed by atoms with Crippen LogP contribution in [0.4, 0.5) is 0 Å². The van der Waals surface area contributed by atoms with Crippen molar-refractivity contribution in [3.8, 4) is 0 Å². The van der Waals surface area contributed by atoms with Crippen molar-refractivity contribution in [2.24, 2.45) is 11.1 Å². The Labute approximate surface area is 109 Å². The summed E-state index contributed by atoms with van der Waals surface area (Å²) in [7, 11) is 0. The molecular formula is C15H20ClN. The Bertz CT molecular complexity index is 499. The van der Waals surface area contributed by atoms with Crippen LogP contribution in [0.3, 0.4) is 0 Å². The summed E-state index contributed by atoms with van der Waals surface area (Å²) in [5, 5.41) is 2.53. The van der Waals surface area contributed by atoms with Gasteiger partial charge < -0.3 is 5.73 Å². The van der Waals surface area contributed by atoms with Gasteiger partial charge in [-0.05, 0) is 27.8 Å². The second-order valence-electron chi connectivity index (χ2n) is 5.45. The van der Waals surface area contributed by atoms with Crippen LogP contribution < -0.4 is 5.73 Å². The van der Waals surface area contributed by atoms with Gasteiger partial charge in [-0.3, -0.25) is 0 Å². The number of fused-ring (bicyclic) bond motifs is 1. The SMILES string of the molecule is CC(C)(C)[C@H](N)c1ccc2ccccc2c1.Cl. The molecule has 0 radical (unpaired) electrons. The van der Waals surface area contributed by atoms with Gasteiger partial charge in [-0.25, -0.2) is 0 Å². The molecule has 0 aliphatic heterocycles. The van der Waals surface area contributed by atoms with Crippen molar-refractivity contribution in [2.75, 3.05) is 0 Å². The van der Waals surface area contributed by atoms with Crippen LogP contribution >= 0.6 is 12.4 Å². The summed E-state index contributed by atoms with van der Waals surface area (Å²) in [5.41, 5.74) is 7.58. The molecule has 2 aromatic rings. The van der Waals surface area contributed by atoms with Crippen LogP contribution in [0.2, 0.25) is 0 Å². The first-order valence-corrected chi connectivity index (χ1v) is 5.73. The fourth-order valence-corrected chi connectivity index (χ4v) is 1.90. The van der Waals surface area contributed by atoms with E-state index in [-0.39, 0.29) is 23.9 Å². The lowest BCUT2D eigenvalue weighted by atomic mass is 9.82. The Balaban J connectivity index is 0.00000144. The van der Waals surface area contributed by atoms with Crippen LogP contribution in [-0.2, 0) is 0 Å². The number of halogens is 1. The number of benzene rings is 2. The zero-order valence-corrected chi connectivity index (χ0v) is 11.4. The van der Waals surface area contributed by atoms with Crippen LogP contribution in [0.1, 0.15) is 32.4 Å². The van der Waals surface area contributed by atoms with Crippen molar-refractivity contribution in [1.82, 2.24) is 0 Å². The maximum Gasteiger partial charge on any atom is 0.0344 e. The van der Waals surface area contributed by atoms with Crippen molar-refractivity contribution in [2.45, 2.75) is 26.8 Å². The monoisotopic (exact) mass is 249 g/mol.